The molecule has 104 valence electrons. The number of aryl methyl sites for hydroxylation is 1. The third-order valence-electron chi connectivity index (χ3n) is 3.73. The summed E-state index contributed by atoms with van der Waals surface area (Å²) in [6, 6.07) is 6.33. The lowest BCUT2D eigenvalue weighted by atomic mass is 9.90. The van der Waals surface area contributed by atoms with Crippen molar-refractivity contribution in [2.24, 2.45) is 0 Å². The molecule has 19 heavy (non-hydrogen) atoms. The van der Waals surface area contributed by atoms with E-state index < -0.39 is 0 Å². The molecule has 0 aliphatic heterocycles. The Balaban J connectivity index is 2.15. The molecule has 0 spiro atoms. The van der Waals surface area contributed by atoms with E-state index in [1.807, 2.05) is 25.1 Å². The minimum atomic E-state index is 0.173. The summed E-state index contributed by atoms with van der Waals surface area (Å²) in [7, 11) is 0. The molecule has 1 amide bonds. The van der Waals surface area contributed by atoms with Crippen LogP contribution in [0, 0.1) is 6.92 Å². The summed E-state index contributed by atoms with van der Waals surface area (Å²) in [6.07, 6.45) is 4.57. The fourth-order valence-electron chi connectivity index (χ4n) is 2.27. The molecule has 1 fully saturated rings. The fraction of sp³-hybridized carbons (Fsp3) is 0.533. The van der Waals surface area contributed by atoms with Crippen LogP contribution in [0.3, 0.4) is 0 Å². The molecule has 0 radical (unpaired) electrons. The number of hydrogen-bond acceptors (Lipinski definition) is 1. The van der Waals surface area contributed by atoms with E-state index in [4.69, 9.17) is 0 Å². The maximum absolute atomic E-state index is 12.6. The maximum atomic E-state index is 12.6. The number of rotatable bonds is 5. The smallest absolute Gasteiger partial charge is 0.254 e. The Morgan fingerprint density at radius 2 is 2.16 bits per heavy atom. The van der Waals surface area contributed by atoms with E-state index in [0.29, 0.717) is 6.04 Å². The molecule has 0 N–H and O–H groups in total. The van der Waals surface area contributed by atoms with E-state index >= 15 is 0 Å². The van der Waals surface area contributed by atoms with Crippen LogP contribution in [-0.4, -0.2) is 28.7 Å². The standard InChI is InChI=1S/C15H19Br2NO/c1-11-6-7-12(10-14(11)17)15(19)18(9-3-8-16)13-4-2-5-13/h6-7,10,13H,2-5,8-9H2,1H3. The molecule has 0 atom stereocenters. The molecule has 1 saturated carbocycles. The minimum Gasteiger partial charge on any atom is -0.336 e. The SMILES string of the molecule is Cc1ccc(C(=O)N(CCCBr)C2CCC2)cc1Br. The predicted octanol–water partition coefficient (Wildman–Crippen LogP) is 4.54. The topological polar surface area (TPSA) is 20.3 Å². The summed E-state index contributed by atoms with van der Waals surface area (Å²) >= 11 is 6.95. The van der Waals surface area contributed by atoms with Gasteiger partial charge in [0.25, 0.3) is 5.91 Å². The minimum absolute atomic E-state index is 0.173. The van der Waals surface area contributed by atoms with E-state index in [-0.39, 0.29) is 5.91 Å². The van der Waals surface area contributed by atoms with Crippen LogP contribution in [0.4, 0.5) is 0 Å². The van der Waals surface area contributed by atoms with Gasteiger partial charge in [-0.3, -0.25) is 4.79 Å². The molecule has 0 bridgehead atoms. The van der Waals surface area contributed by atoms with Gasteiger partial charge in [0, 0.05) is 28.0 Å². The highest BCUT2D eigenvalue weighted by atomic mass is 79.9. The Bertz CT molecular complexity index is 457. The van der Waals surface area contributed by atoms with E-state index in [1.54, 1.807) is 0 Å². The number of halogens is 2. The number of carbonyl (C=O) groups is 1. The molecule has 2 rings (SSSR count). The van der Waals surface area contributed by atoms with Crippen LogP contribution in [0.25, 0.3) is 0 Å². The average Bonchev–Trinajstić information content (AvgIpc) is 2.34. The highest BCUT2D eigenvalue weighted by Crippen LogP contribution is 2.27. The zero-order valence-electron chi connectivity index (χ0n) is 11.2. The lowest BCUT2D eigenvalue weighted by Gasteiger charge is -2.37. The first-order valence-electron chi connectivity index (χ1n) is 6.76. The van der Waals surface area contributed by atoms with Crippen molar-refractivity contribution >= 4 is 37.8 Å². The molecule has 0 heterocycles. The number of alkyl halides is 1. The monoisotopic (exact) mass is 387 g/mol. The lowest BCUT2D eigenvalue weighted by molar-refractivity contribution is 0.0581. The third-order valence-corrected chi connectivity index (χ3v) is 5.14. The Morgan fingerprint density at radius 1 is 1.42 bits per heavy atom. The van der Waals surface area contributed by atoms with Crippen molar-refractivity contribution in [2.45, 2.75) is 38.6 Å². The zero-order chi connectivity index (χ0) is 13.8. The zero-order valence-corrected chi connectivity index (χ0v) is 14.3. The highest BCUT2D eigenvalue weighted by Gasteiger charge is 2.29. The lowest BCUT2D eigenvalue weighted by Crippen LogP contribution is -2.44. The Kier molecular flexibility index (Phi) is 5.46. The molecule has 1 aliphatic rings. The van der Waals surface area contributed by atoms with Crippen molar-refractivity contribution < 1.29 is 4.79 Å². The van der Waals surface area contributed by atoms with Gasteiger partial charge in [-0.1, -0.05) is 37.9 Å². The number of amides is 1. The molecule has 0 aromatic heterocycles. The summed E-state index contributed by atoms with van der Waals surface area (Å²) in [5, 5.41) is 0.946. The van der Waals surface area contributed by atoms with Crippen molar-refractivity contribution in [3.63, 3.8) is 0 Å². The average molecular weight is 389 g/mol. The van der Waals surface area contributed by atoms with Crippen LogP contribution in [0.5, 0.6) is 0 Å². The molecular weight excluding hydrogens is 370 g/mol. The van der Waals surface area contributed by atoms with Crippen LogP contribution in [0.1, 0.15) is 41.6 Å². The summed E-state index contributed by atoms with van der Waals surface area (Å²) in [5.41, 5.74) is 1.95. The van der Waals surface area contributed by atoms with Crippen LogP contribution in [0.15, 0.2) is 22.7 Å². The van der Waals surface area contributed by atoms with Crippen molar-refractivity contribution in [3.8, 4) is 0 Å². The number of benzene rings is 1. The van der Waals surface area contributed by atoms with Crippen LogP contribution < -0.4 is 0 Å². The summed E-state index contributed by atoms with van der Waals surface area (Å²) in [5.74, 6) is 0.173. The largest absolute Gasteiger partial charge is 0.336 e. The molecule has 4 heteroatoms. The van der Waals surface area contributed by atoms with Crippen molar-refractivity contribution in [1.82, 2.24) is 4.90 Å². The second-order valence-corrected chi connectivity index (χ2v) is 6.74. The van der Waals surface area contributed by atoms with Gasteiger partial charge in [0.2, 0.25) is 0 Å². The Morgan fingerprint density at radius 3 is 2.68 bits per heavy atom. The quantitative estimate of drug-likeness (QED) is 0.678. The van der Waals surface area contributed by atoms with Gasteiger partial charge in [-0.05, 0) is 50.3 Å². The summed E-state index contributed by atoms with van der Waals surface area (Å²) in [6.45, 7) is 2.88. The van der Waals surface area contributed by atoms with E-state index in [9.17, 15) is 4.79 Å². The predicted molar refractivity (Wildman–Crippen MR) is 86.0 cm³/mol. The molecule has 1 aromatic rings. The van der Waals surface area contributed by atoms with Crippen LogP contribution >= 0.6 is 31.9 Å². The number of nitrogens with zero attached hydrogens (tertiary/aromatic N) is 1. The van der Waals surface area contributed by atoms with Crippen LogP contribution in [-0.2, 0) is 0 Å². The van der Waals surface area contributed by atoms with Crippen LogP contribution in [0.2, 0.25) is 0 Å². The first-order valence-corrected chi connectivity index (χ1v) is 8.68. The van der Waals surface area contributed by atoms with Gasteiger partial charge in [0.1, 0.15) is 0 Å². The van der Waals surface area contributed by atoms with E-state index in [1.165, 1.54) is 6.42 Å². The fourth-order valence-corrected chi connectivity index (χ4v) is 2.90. The molecular formula is C15H19Br2NO. The first-order chi connectivity index (χ1) is 9.13. The van der Waals surface area contributed by atoms with Crippen molar-refractivity contribution in [3.05, 3.63) is 33.8 Å². The normalized spacial score (nSPS) is 15.1. The highest BCUT2D eigenvalue weighted by molar-refractivity contribution is 9.10. The maximum Gasteiger partial charge on any atom is 0.254 e. The van der Waals surface area contributed by atoms with E-state index in [2.05, 4.69) is 36.8 Å². The molecule has 2 nitrogen and oxygen atoms in total. The number of hydrogen-bond donors (Lipinski definition) is 0. The van der Waals surface area contributed by atoms with Gasteiger partial charge in [-0.25, -0.2) is 0 Å². The second kappa shape index (κ2) is 6.89. The molecule has 0 unspecified atom stereocenters. The van der Waals surface area contributed by atoms with Gasteiger partial charge >= 0.3 is 0 Å². The molecule has 1 aromatic carbocycles. The van der Waals surface area contributed by atoms with Crippen molar-refractivity contribution in [1.29, 1.82) is 0 Å². The van der Waals surface area contributed by atoms with Gasteiger partial charge in [-0.15, -0.1) is 0 Å². The van der Waals surface area contributed by atoms with Gasteiger partial charge in [0.05, 0.1) is 0 Å². The van der Waals surface area contributed by atoms with Gasteiger partial charge < -0.3 is 4.90 Å². The molecule has 1 aliphatic carbocycles. The second-order valence-electron chi connectivity index (χ2n) is 5.09. The van der Waals surface area contributed by atoms with Gasteiger partial charge in [-0.2, -0.15) is 0 Å². The number of carbonyl (C=O) groups excluding carboxylic acids is 1. The Labute approximate surface area is 131 Å². The first kappa shape index (κ1) is 15.0. The van der Waals surface area contributed by atoms with Gasteiger partial charge in [0.15, 0.2) is 0 Å². The third kappa shape index (κ3) is 3.60. The van der Waals surface area contributed by atoms with E-state index in [0.717, 1.165) is 46.7 Å². The summed E-state index contributed by atoms with van der Waals surface area (Å²) in [4.78, 5) is 14.7. The summed E-state index contributed by atoms with van der Waals surface area (Å²) < 4.78 is 1.01. The molecule has 0 saturated heterocycles. The van der Waals surface area contributed by atoms with Crippen molar-refractivity contribution in [2.75, 3.05) is 11.9 Å². The Hall–Kier alpha value is -0.350.